The fourth-order valence-electron chi connectivity index (χ4n) is 1.88. The molecule has 0 unspecified atom stereocenters. The first-order valence-corrected chi connectivity index (χ1v) is 6.99. The summed E-state index contributed by atoms with van der Waals surface area (Å²) in [5, 5.41) is 5.64. The number of benzene rings is 1. The molecule has 5 heteroatoms. The zero-order chi connectivity index (χ0) is 14.6. The fraction of sp³-hybridized carbons (Fsp3) is 0.467. The molecular formula is C15H21N3O2. The maximum Gasteiger partial charge on any atom is 0.251 e. The third kappa shape index (κ3) is 3.57. The molecule has 4 N–H and O–H groups in total. The minimum absolute atomic E-state index is 0.0856. The number of hydrogen-bond acceptors (Lipinski definition) is 3. The van der Waals surface area contributed by atoms with Gasteiger partial charge in [0.2, 0.25) is 5.91 Å². The molecule has 0 saturated heterocycles. The average molecular weight is 275 g/mol. The van der Waals surface area contributed by atoms with Crippen LogP contribution in [0, 0.1) is 0 Å². The molecule has 1 aromatic rings. The number of amides is 2. The third-order valence-electron chi connectivity index (χ3n) is 3.42. The van der Waals surface area contributed by atoms with Crippen molar-refractivity contribution < 1.29 is 9.59 Å². The van der Waals surface area contributed by atoms with Gasteiger partial charge < -0.3 is 16.4 Å². The highest BCUT2D eigenvalue weighted by atomic mass is 16.2. The van der Waals surface area contributed by atoms with Crippen molar-refractivity contribution >= 4 is 11.8 Å². The van der Waals surface area contributed by atoms with Crippen LogP contribution in [-0.4, -0.2) is 23.9 Å². The first-order valence-electron chi connectivity index (χ1n) is 6.99. The van der Waals surface area contributed by atoms with Crippen molar-refractivity contribution in [1.29, 1.82) is 0 Å². The van der Waals surface area contributed by atoms with E-state index in [2.05, 4.69) is 10.6 Å². The van der Waals surface area contributed by atoms with Gasteiger partial charge in [-0.1, -0.05) is 19.1 Å². The normalized spacial score (nSPS) is 15.5. The summed E-state index contributed by atoms with van der Waals surface area (Å²) in [7, 11) is 0. The van der Waals surface area contributed by atoms with Crippen molar-refractivity contribution in [3.63, 3.8) is 0 Å². The van der Waals surface area contributed by atoms with Gasteiger partial charge in [0.05, 0.1) is 5.54 Å². The van der Waals surface area contributed by atoms with Gasteiger partial charge in [-0.05, 0) is 37.0 Å². The largest absolute Gasteiger partial charge is 0.352 e. The van der Waals surface area contributed by atoms with Gasteiger partial charge in [-0.3, -0.25) is 9.59 Å². The molecule has 0 bridgehead atoms. The average Bonchev–Trinajstić information content (AvgIpc) is 3.21. The molecule has 20 heavy (non-hydrogen) atoms. The molecule has 1 aliphatic rings. The highest BCUT2D eigenvalue weighted by Gasteiger charge is 2.45. The summed E-state index contributed by atoms with van der Waals surface area (Å²) >= 11 is 0. The van der Waals surface area contributed by atoms with Crippen LogP contribution < -0.4 is 16.4 Å². The Balaban J connectivity index is 1.92. The van der Waals surface area contributed by atoms with Crippen LogP contribution in [0.25, 0.3) is 0 Å². The Kier molecular flexibility index (Phi) is 4.39. The van der Waals surface area contributed by atoms with Crippen molar-refractivity contribution in [3.05, 3.63) is 35.4 Å². The molecule has 0 radical (unpaired) electrons. The molecule has 0 heterocycles. The summed E-state index contributed by atoms with van der Waals surface area (Å²) < 4.78 is 0. The van der Waals surface area contributed by atoms with E-state index in [0.29, 0.717) is 18.7 Å². The van der Waals surface area contributed by atoms with Gasteiger partial charge in [0.1, 0.15) is 0 Å². The Labute approximate surface area is 118 Å². The second kappa shape index (κ2) is 6.05. The van der Waals surface area contributed by atoms with Gasteiger partial charge in [0.25, 0.3) is 5.91 Å². The van der Waals surface area contributed by atoms with Gasteiger partial charge >= 0.3 is 0 Å². The van der Waals surface area contributed by atoms with Gasteiger partial charge in [0, 0.05) is 18.7 Å². The molecule has 0 aromatic heterocycles. The van der Waals surface area contributed by atoms with E-state index in [1.54, 1.807) is 12.1 Å². The molecule has 1 aliphatic carbocycles. The molecule has 0 spiro atoms. The topological polar surface area (TPSA) is 84.2 Å². The third-order valence-corrected chi connectivity index (χ3v) is 3.42. The molecule has 5 nitrogen and oxygen atoms in total. The molecular weight excluding hydrogens is 254 g/mol. The summed E-state index contributed by atoms with van der Waals surface area (Å²) in [4.78, 5) is 23.6. The number of rotatable bonds is 6. The number of nitrogens with two attached hydrogens (primary N) is 1. The quantitative estimate of drug-likeness (QED) is 0.722. The van der Waals surface area contributed by atoms with Crippen LogP contribution in [-0.2, 0) is 11.3 Å². The van der Waals surface area contributed by atoms with Crippen molar-refractivity contribution in [1.82, 2.24) is 10.6 Å². The highest BCUT2D eigenvalue weighted by molar-refractivity contribution is 5.94. The maximum atomic E-state index is 11.8. The van der Waals surface area contributed by atoms with Gasteiger partial charge in [-0.25, -0.2) is 0 Å². The van der Waals surface area contributed by atoms with E-state index in [0.717, 1.165) is 24.8 Å². The van der Waals surface area contributed by atoms with Crippen molar-refractivity contribution in [3.8, 4) is 0 Å². The summed E-state index contributed by atoms with van der Waals surface area (Å²) in [6.07, 6.45) is 2.40. The fourth-order valence-corrected chi connectivity index (χ4v) is 1.88. The van der Waals surface area contributed by atoms with Crippen LogP contribution in [0.1, 0.15) is 42.1 Å². The van der Waals surface area contributed by atoms with Crippen molar-refractivity contribution in [2.75, 3.05) is 6.54 Å². The molecule has 1 aromatic carbocycles. The highest BCUT2D eigenvalue weighted by Crippen LogP contribution is 2.32. The summed E-state index contributed by atoms with van der Waals surface area (Å²) in [5.41, 5.74) is 6.66. The Morgan fingerprint density at radius 1 is 1.30 bits per heavy atom. The van der Waals surface area contributed by atoms with Crippen LogP contribution >= 0.6 is 0 Å². The first kappa shape index (κ1) is 14.5. The first-order chi connectivity index (χ1) is 9.55. The SMILES string of the molecule is CCCNC(=O)c1cccc(CNC(=O)C2(N)CC2)c1. The zero-order valence-corrected chi connectivity index (χ0v) is 11.7. The maximum absolute atomic E-state index is 11.8. The van der Waals surface area contributed by atoms with Gasteiger partial charge in [-0.15, -0.1) is 0 Å². The van der Waals surface area contributed by atoms with Crippen molar-refractivity contribution in [2.45, 2.75) is 38.3 Å². The molecule has 2 amide bonds. The predicted octanol–water partition coefficient (Wildman–Crippen LogP) is 0.934. The van der Waals surface area contributed by atoms with E-state index in [-0.39, 0.29) is 11.8 Å². The van der Waals surface area contributed by atoms with Gasteiger partial charge in [0.15, 0.2) is 0 Å². The monoisotopic (exact) mass is 275 g/mol. The minimum Gasteiger partial charge on any atom is -0.352 e. The van der Waals surface area contributed by atoms with Crippen LogP contribution in [0.2, 0.25) is 0 Å². The number of carbonyl (C=O) groups is 2. The van der Waals surface area contributed by atoms with Crippen LogP contribution in [0.5, 0.6) is 0 Å². The van der Waals surface area contributed by atoms with E-state index in [1.165, 1.54) is 0 Å². The van der Waals surface area contributed by atoms with Crippen LogP contribution in [0.4, 0.5) is 0 Å². The van der Waals surface area contributed by atoms with E-state index in [1.807, 2.05) is 19.1 Å². The zero-order valence-electron chi connectivity index (χ0n) is 11.7. The molecule has 108 valence electrons. The predicted molar refractivity (Wildman–Crippen MR) is 77.1 cm³/mol. The molecule has 1 fully saturated rings. The second-order valence-electron chi connectivity index (χ2n) is 5.30. The summed E-state index contributed by atoms with van der Waals surface area (Å²) in [6.45, 7) is 3.06. The Morgan fingerprint density at radius 3 is 2.70 bits per heavy atom. The number of nitrogens with one attached hydrogen (secondary N) is 2. The molecule has 0 aliphatic heterocycles. The molecule has 0 atom stereocenters. The van der Waals surface area contributed by atoms with Crippen LogP contribution in [0.15, 0.2) is 24.3 Å². The standard InChI is InChI=1S/C15H21N3O2/c1-2-8-17-13(19)12-5-3-4-11(9-12)10-18-14(20)15(16)6-7-15/h3-5,9H,2,6-8,10,16H2,1H3,(H,17,19)(H,18,20). The lowest BCUT2D eigenvalue weighted by Crippen LogP contribution is -2.42. The van der Waals surface area contributed by atoms with E-state index < -0.39 is 5.54 Å². The van der Waals surface area contributed by atoms with E-state index >= 15 is 0 Å². The lowest BCUT2D eigenvalue weighted by atomic mass is 10.1. The smallest absolute Gasteiger partial charge is 0.251 e. The summed E-state index contributed by atoms with van der Waals surface area (Å²) in [6, 6.07) is 7.26. The minimum atomic E-state index is -0.657. The Bertz CT molecular complexity index is 510. The summed E-state index contributed by atoms with van der Waals surface area (Å²) in [5.74, 6) is -0.198. The van der Waals surface area contributed by atoms with E-state index in [9.17, 15) is 9.59 Å². The second-order valence-corrected chi connectivity index (χ2v) is 5.30. The molecule has 1 saturated carbocycles. The van der Waals surface area contributed by atoms with E-state index in [4.69, 9.17) is 5.73 Å². The Hall–Kier alpha value is -1.88. The van der Waals surface area contributed by atoms with Crippen LogP contribution in [0.3, 0.4) is 0 Å². The lowest BCUT2D eigenvalue weighted by molar-refractivity contribution is -0.123. The number of hydrogen-bond donors (Lipinski definition) is 3. The van der Waals surface area contributed by atoms with Gasteiger partial charge in [-0.2, -0.15) is 0 Å². The number of carbonyl (C=O) groups excluding carboxylic acids is 2. The Morgan fingerprint density at radius 2 is 2.05 bits per heavy atom. The lowest BCUT2D eigenvalue weighted by Gasteiger charge is -2.11. The molecule has 2 rings (SSSR count). The van der Waals surface area contributed by atoms with Crippen molar-refractivity contribution in [2.24, 2.45) is 5.73 Å².